The summed E-state index contributed by atoms with van der Waals surface area (Å²) >= 11 is 0. The van der Waals surface area contributed by atoms with Gasteiger partial charge in [0.25, 0.3) is 0 Å². The van der Waals surface area contributed by atoms with Crippen LogP contribution in [0.2, 0.25) is 0 Å². The average Bonchev–Trinajstić information content (AvgIpc) is 2.82. The van der Waals surface area contributed by atoms with Crippen LogP contribution in [0.4, 0.5) is 0 Å². The Morgan fingerprint density at radius 3 is 2.67 bits per heavy atom. The van der Waals surface area contributed by atoms with Gasteiger partial charge < -0.3 is 15.3 Å². The fourth-order valence-electron chi connectivity index (χ4n) is 7.74. The van der Waals surface area contributed by atoms with Crippen molar-refractivity contribution in [3.8, 4) is 0 Å². The molecule has 4 aliphatic carbocycles. The summed E-state index contributed by atoms with van der Waals surface area (Å²) in [5.74, 6) is -0.155. The quantitative estimate of drug-likeness (QED) is 0.685. The van der Waals surface area contributed by atoms with E-state index in [4.69, 9.17) is 0 Å². The van der Waals surface area contributed by atoms with E-state index < -0.39 is 29.5 Å². The molecule has 0 unspecified atom stereocenters. The molecular formula is C22H32O5. The van der Waals surface area contributed by atoms with Gasteiger partial charge in [0, 0.05) is 11.8 Å². The molecule has 4 rings (SSSR count). The highest BCUT2D eigenvalue weighted by Crippen LogP contribution is 2.68. The van der Waals surface area contributed by atoms with E-state index in [1.165, 1.54) is 5.57 Å². The molecule has 0 aliphatic heterocycles. The van der Waals surface area contributed by atoms with Crippen molar-refractivity contribution in [3.05, 3.63) is 11.6 Å². The Balaban J connectivity index is 1.77. The summed E-state index contributed by atoms with van der Waals surface area (Å²) in [6.07, 6.45) is 5.32. The van der Waals surface area contributed by atoms with Gasteiger partial charge >= 0.3 is 0 Å². The van der Waals surface area contributed by atoms with Crippen molar-refractivity contribution >= 4 is 11.6 Å². The molecular weight excluding hydrogens is 344 g/mol. The van der Waals surface area contributed by atoms with Gasteiger partial charge in [-0.05, 0) is 67.3 Å². The third-order valence-electron chi connectivity index (χ3n) is 9.05. The lowest BCUT2D eigenvalue weighted by Crippen LogP contribution is -2.63. The molecule has 0 aromatic rings. The number of aliphatic hydroxyl groups is 3. The second kappa shape index (κ2) is 5.98. The van der Waals surface area contributed by atoms with Gasteiger partial charge in [0.1, 0.15) is 12.2 Å². The minimum absolute atomic E-state index is 0.0578. The van der Waals surface area contributed by atoms with Crippen molar-refractivity contribution in [3.63, 3.8) is 0 Å². The number of hydrogen-bond donors (Lipinski definition) is 3. The van der Waals surface area contributed by atoms with Crippen LogP contribution in [-0.2, 0) is 9.59 Å². The van der Waals surface area contributed by atoms with E-state index >= 15 is 0 Å². The molecule has 150 valence electrons. The number of hydrogen-bond acceptors (Lipinski definition) is 5. The molecule has 0 bridgehead atoms. The second-order valence-electron chi connectivity index (χ2n) is 10.1. The molecule has 0 aromatic carbocycles. The highest BCUT2D eigenvalue weighted by molar-refractivity contribution is 5.92. The zero-order valence-corrected chi connectivity index (χ0v) is 16.6. The van der Waals surface area contributed by atoms with E-state index in [2.05, 4.69) is 6.92 Å². The minimum Gasteiger partial charge on any atom is -0.393 e. The number of aliphatic hydroxyl groups excluding tert-OH is 2. The van der Waals surface area contributed by atoms with Crippen LogP contribution in [-0.4, -0.2) is 45.2 Å². The molecule has 27 heavy (non-hydrogen) atoms. The van der Waals surface area contributed by atoms with Crippen molar-refractivity contribution in [2.45, 2.75) is 71.0 Å². The maximum absolute atomic E-state index is 12.6. The normalized spacial score (nSPS) is 51.9. The fourth-order valence-corrected chi connectivity index (χ4v) is 7.74. The van der Waals surface area contributed by atoms with Gasteiger partial charge in [-0.25, -0.2) is 0 Å². The van der Waals surface area contributed by atoms with Crippen molar-refractivity contribution in [1.29, 1.82) is 0 Å². The van der Waals surface area contributed by atoms with E-state index in [-0.39, 0.29) is 34.9 Å². The van der Waals surface area contributed by atoms with Gasteiger partial charge in [-0.3, -0.25) is 9.59 Å². The molecule has 3 fully saturated rings. The first kappa shape index (κ1) is 19.3. The Morgan fingerprint density at radius 2 is 2.00 bits per heavy atom. The maximum Gasteiger partial charge on any atom is 0.190 e. The number of rotatable bonds is 2. The molecule has 5 nitrogen and oxygen atoms in total. The van der Waals surface area contributed by atoms with Crippen LogP contribution in [0.15, 0.2) is 11.6 Å². The predicted octanol–water partition coefficient (Wildman–Crippen LogP) is 2.03. The largest absolute Gasteiger partial charge is 0.393 e. The molecule has 0 amide bonds. The minimum atomic E-state index is -1.59. The van der Waals surface area contributed by atoms with Crippen LogP contribution in [0.3, 0.4) is 0 Å². The Hall–Kier alpha value is -1.04. The van der Waals surface area contributed by atoms with Crippen LogP contribution in [0.5, 0.6) is 0 Å². The summed E-state index contributed by atoms with van der Waals surface area (Å²) in [6, 6.07) is 0. The lowest BCUT2D eigenvalue weighted by Gasteiger charge is -2.60. The smallest absolute Gasteiger partial charge is 0.190 e. The first-order valence-corrected chi connectivity index (χ1v) is 10.4. The Bertz CT molecular complexity index is 713. The highest BCUT2D eigenvalue weighted by Gasteiger charge is 2.70. The topological polar surface area (TPSA) is 94.8 Å². The molecule has 0 radical (unpaired) electrons. The van der Waals surface area contributed by atoms with E-state index in [0.717, 1.165) is 25.7 Å². The SMILES string of the molecule is C[C@@H]1C[C@H]2[C@@H]3CCC4=CC(=O)CC[C@]4(C)[C@H]3[C@@H](O)C[C@]2(C)[C@@]1(O)C(=O)CO. The Labute approximate surface area is 160 Å². The third-order valence-corrected chi connectivity index (χ3v) is 9.05. The van der Waals surface area contributed by atoms with Crippen molar-refractivity contribution < 1.29 is 24.9 Å². The summed E-state index contributed by atoms with van der Waals surface area (Å²) in [5, 5.41) is 32.2. The number of fused-ring (bicyclic) bond motifs is 5. The summed E-state index contributed by atoms with van der Waals surface area (Å²) in [5.41, 5.74) is -1.31. The van der Waals surface area contributed by atoms with Crippen LogP contribution in [0.25, 0.3) is 0 Å². The average molecular weight is 376 g/mol. The number of allylic oxidation sites excluding steroid dienone is 1. The van der Waals surface area contributed by atoms with Crippen molar-refractivity contribution in [2.75, 3.05) is 6.61 Å². The van der Waals surface area contributed by atoms with Crippen molar-refractivity contribution in [1.82, 2.24) is 0 Å². The summed E-state index contributed by atoms with van der Waals surface area (Å²) in [6.45, 7) is 5.36. The molecule has 5 heteroatoms. The lowest BCUT2D eigenvalue weighted by molar-refractivity contribution is -0.187. The molecule has 3 saturated carbocycles. The van der Waals surface area contributed by atoms with Crippen LogP contribution < -0.4 is 0 Å². The van der Waals surface area contributed by atoms with Gasteiger partial charge in [0.2, 0.25) is 0 Å². The summed E-state index contributed by atoms with van der Waals surface area (Å²) in [4.78, 5) is 24.5. The van der Waals surface area contributed by atoms with E-state index in [1.807, 2.05) is 19.9 Å². The molecule has 3 N–H and O–H groups in total. The standard InChI is InChI=1S/C22H32O5/c1-12-8-16-15-5-4-13-9-14(24)6-7-20(13,2)19(15)17(25)10-21(16,3)22(12,27)18(26)11-23/h9,12,15-17,19,23,25,27H,4-8,10-11H2,1-3H3/t12-,15+,16+,17+,19-,20+,21+,22+/m1/s1. The van der Waals surface area contributed by atoms with E-state index in [9.17, 15) is 24.9 Å². The maximum atomic E-state index is 12.6. The van der Waals surface area contributed by atoms with E-state index in [1.54, 1.807) is 0 Å². The lowest BCUT2D eigenvalue weighted by atomic mass is 9.45. The highest BCUT2D eigenvalue weighted by atomic mass is 16.3. The zero-order chi connectivity index (χ0) is 19.8. The van der Waals surface area contributed by atoms with Crippen LogP contribution >= 0.6 is 0 Å². The fraction of sp³-hybridized carbons (Fsp3) is 0.818. The van der Waals surface area contributed by atoms with Gasteiger partial charge in [0.15, 0.2) is 11.6 Å². The van der Waals surface area contributed by atoms with Crippen molar-refractivity contribution in [2.24, 2.45) is 34.5 Å². The Kier molecular flexibility index (Phi) is 4.27. The van der Waals surface area contributed by atoms with Gasteiger partial charge in [-0.15, -0.1) is 0 Å². The van der Waals surface area contributed by atoms with Gasteiger partial charge in [0.05, 0.1) is 6.10 Å². The third kappa shape index (κ3) is 2.28. The zero-order valence-electron chi connectivity index (χ0n) is 16.6. The summed E-state index contributed by atoms with van der Waals surface area (Å²) in [7, 11) is 0. The number of carbonyl (C=O) groups excluding carboxylic acids is 2. The first-order valence-electron chi connectivity index (χ1n) is 10.4. The van der Waals surface area contributed by atoms with Gasteiger partial charge in [-0.1, -0.05) is 26.3 Å². The molecule has 0 heterocycles. The molecule has 8 atom stereocenters. The Morgan fingerprint density at radius 1 is 1.30 bits per heavy atom. The van der Waals surface area contributed by atoms with Crippen LogP contribution in [0.1, 0.15) is 59.3 Å². The van der Waals surface area contributed by atoms with Gasteiger partial charge in [-0.2, -0.15) is 0 Å². The van der Waals surface area contributed by atoms with Crippen LogP contribution in [0, 0.1) is 34.5 Å². The second-order valence-corrected chi connectivity index (χ2v) is 10.1. The molecule has 0 saturated heterocycles. The summed E-state index contributed by atoms with van der Waals surface area (Å²) < 4.78 is 0. The number of Topliss-reactive ketones (excluding diaryl/α,β-unsaturated/α-hetero) is 1. The first-order chi connectivity index (χ1) is 12.6. The molecule has 0 aromatic heterocycles. The molecule has 0 spiro atoms. The van der Waals surface area contributed by atoms with E-state index in [0.29, 0.717) is 12.8 Å². The molecule has 4 aliphatic rings. The number of carbonyl (C=O) groups is 2. The predicted molar refractivity (Wildman–Crippen MR) is 99.7 cm³/mol. The number of ketones is 2. The monoisotopic (exact) mass is 376 g/mol.